The van der Waals surface area contributed by atoms with Crippen molar-refractivity contribution in [3.63, 3.8) is 0 Å². The van der Waals surface area contributed by atoms with Crippen LogP contribution in [0.1, 0.15) is 54.1 Å². The molecule has 0 aliphatic heterocycles. The minimum Gasteiger partial charge on any atom is -0.457 e. The van der Waals surface area contributed by atoms with Crippen LogP contribution in [0.5, 0.6) is 11.5 Å². The van der Waals surface area contributed by atoms with Crippen molar-refractivity contribution in [3.8, 4) is 11.5 Å². The molecule has 2 aliphatic carbocycles. The van der Waals surface area contributed by atoms with Gasteiger partial charge in [0.05, 0.1) is 0 Å². The molecule has 0 amide bonds. The van der Waals surface area contributed by atoms with Crippen LogP contribution in [0.2, 0.25) is 0 Å². The topological polar surface area (TPSA) is 43.4 Å². The molecule has 2 aliphatic rings. The highest BCUT2D eigenvalue weighted by molar-refractivity contribution is 5.99. The van der Waals surface area contributed by atoms with Crippen LogP contribution in [-0.4, -0.2) is 11.6 Å². The molecule has 0 fully saturated rings. The van der Waals surface area contributed by atoms with Crippen molar-refractivity contribution in [2.24, 2.45) is 0 Å². The van der Waals surface area contributed by atoms with E-state index >= 15 is 0 Å². The van der Waals surface area contributed by atoms with Gasteiger partial charge in [-0.1, -0.05) is 72.8 Å². The molecule has 180 valence electrons. The van der Waals surface area contributed by atoms with E-state index in [0.717, 1.165) is 46.2 Å². The lowest BCUT2D eigenvalue weighted by atomic mass is 9.99. The van der Waals surface area contributed by atoms with Crippen molar-refractivity contribution in [2.45, 2.75) is 25.7 Å². The van der Waals surface area contributed by atoms with E-state index in [1.54, 1.807) is 0 Å². The van der Waals surface area contributed by atoms with Gasteiger partial charge in [-0.25, -0.2) is 0 Å². The molecule has 3 heteroatoms. The van der Waals surface area contributed by atoms with E-state index in [0.29, 0.717) is 24.3 Å². The van der Waals surface area contributed by atoms with Gasteiger partial charge in [-0.05, 0) is 82.6 Å². The molecule has 37 heavy (non-hydrogen) atoms. The first kappa shape index (κ1) is 22.9. The quantitative estimate of drug-likeness (QED) is 0.245. The highest BCUT2D eigenvalue weighted by Crippen LogP contribution is 2.25. The Balaban J connectivity index is 1.05. The van der Waals surface area contributed by atoms with Gasteiger partial charge in [0.15, 0.2) is 11.6 Å². The molecule has 0 N–H and O–H groups in total. The zero-order valence-electron chi connectivity index (χ0n) is 20.4. The van der Waals surface area contributed by atoms with Crippen LogP contribution in [-0.2, 0) is 25.7 Å². The van der Waals surface area contributed by atoms with Gasteiger partial charge in [0, 0.05) is 24.0 Å². The predicted octanol–water partition coefficient (Wildman–Crippen LogP) is 7.47. The summed E-state index contributed by atoms with van der Waals surface area (Å²) in [5.41, 5.74) is 8.23. The van der Waals surface area contributed by atoms with E-state index in [1.165, 1.54) is 11.1 Å². The van der Waals surface area contributed by atoms with E-state index < -0.39 is 0 Å². The third-order valence-corrected chi connectivity index (χ3v) is 7.02. The number of hydrogen-bond acceptors (Lipinski definition) is 3. The first-order valence-electron chi connectivity index (χ1n) is 12.6. The molecule has 0 atom stereocenters. The molecular weight excluding hydrogens is 456 g/mol. The van der Waals surface area contributed by atoms with Gasteiger partial charge in [-0.2, -0.15) is 0 Å². The fourth-order valence-electron chi connectivity index (χ4n) is 4.91. The van der Waals surface area contributed by atoms with Gasteiger partial charge < -0.3 is 4.74 Å². The molecule has 0 aromatic heterocycles. The van der Waals surface area contributed by atoms with Gasteiger partial charge in [0.1, 0.15) is 11.5 Å². The summed E-state index contributed by atoms with van der Waals surface area (Å²) >= 11 is 0. The Bertz CT molecular complexity index is 1440. The van der Waals surface area contributed by atoms with Crippen LogP contribution in [0.15, 0.2) is 97.1 Å². The normalized spacial score (nSPS) is 12.9. The lowest BCUT2D eigenvalue weighted by Crippen LogP contribution is -2.04. The van der Waals surface area contributed by atoms with Crippen LogP contribution >= 0.6 is 0 Å². The van der Waals surface area contributed by atoms with E-state index in [2.05, 4.69) is 24.3 Å². The maximum absolute atomic E-state index is 12.8. The number of Topliss-reactive ketones (excluding diaryl/α,β-unsaturated/α-hetero) is 2. The van der Waals surface area contributed by atoms with Crippen LogP contribution in [0.25, 0.3) is 12.2 Å². The Morgan fingerprint density at radius 1 is 0.568 bits per heavy atom. The second-order valence-corrected chi connectivity index (χ2v) is 9.63. The van der Waals surface area contributed by atoms with Crippen LogP contribution < -0.4 is 4.74 Å². The monoisotopic (exact) mass is 482 g/mol. The standard InChI is InChI=1S/C34H26O3/c35-33(29-13-11-25-3-1-5-27(25)21-29)19-23-7-15-31(16-8-23)37-32-17-9-24(10-18-32)20-34(36)30-14-12-26-4-2-6-28(26)22-30/h1-2,5-18,21-22H,3-4,19-20H2. The Labute approximate surface area is 216 Å². The number of allylic oxidation sites excluding steroid dienone is 2. The molecule has 3 nitrogen and oxygen atoms in total. The zero-order valence-corrected chi connectivity index (χ0v) is 20.4. The van der Waals surface area contributed by atoms with E-state index in [4.69, 9.17) is 4.74 Å². The van der Waals surface area contributed by atoms with Crippen LogP contribution in [0.4, 0.5) is 0 Å². The van der Waals surface area contributed by atoms with Crippen molar-refractivity contribution in [3.05, 3.63) is 142 Å². The fourth-order valence-corrected chi connectivity index (χ4v) is 4.91. The molecule has 0 saturated heterocycles. The first-order valence-corrected chi connectivity index (χ1v) is 12.6. The number of carbonyl (C=O) groups excluding carboxylic acids is 2. The molecule has 0 bridgehead atoms. The van der Waals surface area contributed by atoms with Gasteiger partial charge in [-0.15, -0.1) is 0 Å². The highest BCUT2D eigenvalue weighted by Gasteiger charge is 2.13. The molecule has 4 aromatic rings. The number of benzene rings is 4. The zero-order chi connectivity index (χ0) is 25.2. The number of hydrogen-bond donors (Lipinski definition) is 0. The average molecular weight is 483 g/mol. The number of fused-ring (bicyclic) bond motifs is 2. The predicted molar refractivity (Wildman–Crippen MR) is 147 cm³/mol. The number of carbonyl (C=O) groups is 2. The first-order chi connectivity index (χ1) is 18.1. The second kappa shape index (κ2) is 9.87. The van der Waals surface area contributed by atoms with Gasteiger partial charge in [0.2, 0.25) is 0 Å². The van der Waals surface area contributed by atoms with E-state index in [9.17, 15) is 9.59 Å². The van der Waals surface area contributed by atoms with E-state index in [1.807, 2.05) is 84.9 Å². The summed E-state index contributed by atoms with van der Waals surface area (Å²) in [5.74, 6) is 1.62. The SMILES string of the molecule is O=C(Cc1ccc(Oc2ccc(CC(=O)c3ccc4c(c3)C=CC4)cc2)cc1)c1ccc2c(c1)C=CC2. The molecule has 6 rings (SSSR count). The Hall–Kier alpha value is -4.50. The lowest BCUT2D eigenvalue weighted by Gasteiger charge is -2.09. The van der Waals surface area contributed by atoms with Gasteiger partial charge >= 0.3 is 0 Å². The van der Waals surface area contributed by atoms with Crippen LogP contribution in [0, 0.1) is 0 Å². The summed E-state index contributed by atoms with van der Waals surface area (Å²) in [6.07, 6.45) is 11.0. The lowest BCUT2D eigenvalue weighted by molar-refractivity contribution is 0.0984. The minimum absolute atomic E-state index is 0.109. The minimum atomic E-state index is 0.109. The smallest absolute Gasteiger partial charge is 0.167 e. The van der Waals surface area contributed by atoms with Crippen molar-refractivity contribution in [1.29, 1.82) is 0 Å². The highest BCUT2D eigenvalue weighted by atomic mass is 16.5. The van der Waals surface area contributed by atoms with Crippen molar-refractivity contribution in [1.82, 2.24) is 0 Å². The fraction of sp³-hybridized carbons (Fsp3) is 0.118. The summed E-state index contributed by atoms with van der Waals surface area (Å²) in [4.78, 5) is 25.5. The van der Waals surface area contributed by atoms with Gasteiger partial charge in [0.25, 0.3) is 0 Å². The maximum Gasteiger partial charge on any atom is 0.167 e. The number of ether oxygens (including phenoxy) is 1. The molecular formula is C34H26O3. The van der Waals surface area contributed by atoms with Gasteiger partial charge in [-0.3, -0.25) is 9.59 Å². The number of rotatable bonds is 8. The Morgan fingerprint density at radius 2 is 1.00 bits per heavy atom. The van der Waals surface area contributed by atoms with Crippen LogP contribution in [0.3, 0.4) is 0 Å². The maximum atomic E-state index is 12.8. The second-order valence-electron chi connectivity index (χ2n) is 9.63. The summed E-state index contributed by atoms with van der Waals surface area (Å²) in [5, 5.41) is 0. The van der Waals surface area contributed by atoms with Crippen molar-refractivity contribution < 1.29 is 14.3 Å². The molecule has 0 saturated carbocycles. The molecule has 0 spiro atoms. The van der Waals surface area contributed by atoms with Crippen molar-refractivity contribution >= 4 is 23.7 Å². The Morgan fingerprint density at radius 3 is 1.43 bits per heavy atom. The summed E-state index contributed by atoms with van der Waals surface area (Å²) < 4.78 is 5.98. The molecule has 0 heterocycles. The summed E-state index contributed by atoms with van der Waals surface area (Å²) in [6.45, 7) is 0. The summed E-state index contributed by atoms with van der Waals surface area (Å²) in [6, 6.07) is 27.2. The molecule has 0 unspecified atom stereocenters. The Kier molecular flexibility index (Phi) is 6.11. The third kappa shape index (κ3) is 5.07. The van der Waals surface area contributed by atoms with E-state index in [-0.39, 0.29) is 11.6 Å². The third-order valence-electron chi connectivity index (χ3n) is 7.02. The molecule has 0 radical (unpaired) electrons. The summed E-state index contributed by atoms with van der Waals surface area (Å²) in [7, 11) is 0. The average Bonchev–Trinajstić information content (AvgIpc) is 3.59. The molecule has 4 aromatic carbocycles. The largest absolute Gasteiger partial charge is 0.457 e. The van der Waals surface area contributed by atoms with Crippen molar-refractivity contribution in [2.75, 3.05) is 0 Å². The number of ketones is 2.